The van der Waals surface area contributed by atoms with Gasteiger partial charge in [0.2, 0.25) is 5.91 Å². The van der Waals surface area contributed by atoms with Crippen LogP contribution in [0.5, 0.6) is 0 Å². The third kappa shape index (κ3) is 5.06. The predicted octanol–water partition coefficient (Wildman–Crippen LogP) is 5.38. The van der Waals surface area contributed by atoms with E-state index in [9.17, 15) is 14.4 Å². The molecule has 3 aromatic rings. The maximum absolute atomic E-state index is 13.3. The Balaban J connectivity index is 1.52. The molecule has 8 heteroatoms. The lowest BCUT2D eigenvalue weighted by Crippen LogP contribution is -2.37. The molecule has 1 aliphatic rings. The van der Waals surface area contributed by atoms with Crippen LogP contribution in [0.25, 0.3) is 10.4 Å². The first-order valence-corrected chi connectivity index (χ1v) is 12.1. The van der Waals surface area contributed by atoms with Crippen LogP contribution in [0.15, 0.2) is 42.6 Å². The SMILES string of the molecule is CCN(C(=O)C1CCC(C)CC1)c1cc(-c2ccc(NC(=O)c3ccn[nH]3)cc2)sc1C=O. The molecule has 1 aromatic carbocycles. The topological polar surface area (TPSA) is 95.2 Å². The Kier molecular flexibility index (Phi) is 7.03. The van der Waals surface area contributed by atoms with Gasteiger partial charge in [0.25, 0.3) is 5.91 Å². The minimum absolute atomic E-state index is 0.0294. The van der Waals surface area contributed by atoms with Crippen LogP contribution in [-0.4, -0.2) is 34.8 Å². The summed E-state index contributed by atoms with van der Waals surface area (Å²) in [5, 5.41) is 9.23. The van der Waals surface area contributed by atoms with Crippen molar-refractivity contribution in [3.05, 3.63) is 53.2 Å². The molecule has 0 unspecified atom stereocenters. The second-order valence-electron chi connectivity index (χ2n) is 8.52. The summed E-state index contributed by atoms with van der Waals surface area (Å²) in [5.74, 6) is 0.557. The molecule has 2 heterocycles. The maximum atomic E-state index is 13.3. The van der Waals surface area contributed by atoms with Gasteiger partial charge in [-0.15, -0.1) is 11.3 Å². The number of aromatic amines is 1. The molecule has 0 bridgehead atoms. The van der Waals surface area contributed by atoms with Gasteiger partial charge in [0.05, 0.1) is 10.6 Å². The number of carbonyl (C=O) groups is 3. The number of H-pyrrole nitrogens is 1. The van der Waals surface area contributed by atoms with E-state index in [-0.39, 0.29) is 17.7 Å². The Morgan fingerprint density at radius 3 is 2.52 bits per heavy atom. The third-order valence-electron chi connectivity index (χ3n) is 6.26. The van der Waals surface area contributed by atoms with Crippen molar-refractivity contribution in [2.24, 2.45) is 11.8 Å². The number of hydrogen-bond acceptors (Lipinski definition) is 5. The first kappa shape index (κ1) is 22.9. The fourth-order valence-corrected chi connectivity index (χ4v) is 5.29. The van der Waals surface area contributed by atoms with E-state index in [4.69, 9.17) is 0 Å². The summed E-state index contributed by atoms with van der Waals surface area (Å²) in [6, 6.07) is 11.0. The molecular weight excluding hydrogens is 436 g/mol. The zero-order valence-electron chi connectivity index (χ0n) is 18.8. The van der Waals surface area contributed by atoms with Crippen LogP contribution in [-0.2, 0) is 4.79 Å². The Labute approximate surface area is 197 Å². The highest BCUT2D eigenvalue weighted by atomic mass is 32.1. The molecule has 33 heavy (non-hydrogen) atoms. The third-order valence-corrected chi connectivity index (χ3v) is 7.36. The summed E-state index contributed by atoms with van der Waals surface area (Å²) in [7, 11) is 0. The lowest BCUT2D eigenvalue weighted by atomic mass is 9.82. The molecule has 2 N–H and O–H groups in total. The van der Waals surface area contributed by atoms with Crippen LogP contribution in [0.3, 0.4) is 0 Å². The maximum Gasteiger partial charge on any atom is 0.273 e. The first-order chi connectivity index (χ1) is 16.0. The van der Waals surface area contributed by atoms with Gasteiger partial charge in [-0.3, -0.25) is 19.5 Å². The van der Waals surface area contributed by atoms with E-state index in [1.54, 1.807) is 11.0 Å². The molecule has 1 saturated carbocycles. The number of aromatic nitrogens is 2. The number of carbonyl (C=O) groups excluding carboxylic acids is 3. The van der Waals surface area contributed by atoms with Gasteiger partial charge in [-0.25, -0.2) is 0 Å². The molecule has 4 rings (SSSR count). The summed E-state index contributed by atoms with van der Waals surface area (Å²) in [6.07, 6.45) is 6.34. The molecule has 7 nitrogen and oxygen atoms in total. The Bertz CT molecular complexity index is 1110. The average Bonchev–Trinajstić information content (AvgIpc) is 3.51. The standard InChI is InChI=1S/C25H28N4O3S/c1-3-29(25(32)18-6-4-16(2)5-7-18)21-14-22(33-23(21)15-30)17-8-10-19(11-9-17)27-24(31)20-12-13-26-28-20/h8-16,18H,3-7H2,1-2H3,(H,26,28)(H,27,31). The van der Waals surface area contributed by atoms with Gasteiger partial charge in [0.1, 0.15) is 5.69 Å². The van der Waals surface area contributed by atoms with Crippen molar-refractivity contribution >= 4 is 40.8 Å². The van der Waals surface area contributed by atoms with E-state index < -0.39 is 0 Å². The van der Waals surface area contributed by atoms with Crippen molar-refractivity contribution in [3.63, 3.8) is 0 Å². The number of nitrogens with one attached hydrogen (secondary N) is 2. The lowest BCUT2D eigenvalue weighted by molar-refractivity contribution is -0.123. The number of amides is 2. The molecule has 0 aliphatic heterocycles. The normalized spacial score (nSPS) is 18.0. The van der Waals surface area contributed by atoms with E-state index >= 15 is 0 Å². The summed E-state index contributed by atoms with van der Waals surface area (Å²) < 4.78 is 0. The van der Waals surface area contributed by atoms with E-state index in [1.165, 1.54) is 17.5 Å². The zero-order valence-corrected chi connectivity index (χ0v) is 19.7. The Hall–Kier alpha value is -3.26. The van der Waals surface area contributed by atoms with Crippen molar-refractivity contribution in [1.29, 1.82) is 0 Å². The molecule has 2 amide bonds. The highest BCUT2D eigenvalue weighted by Crippen LogP contribution is 2.38. The summed E-state index contributed by atoms with van der Waals surface area (Å²) >= 11 is 1.38. The second-order valence-corrected chi connectivity index (χ2v) is 9.60. The van der Waals surface area contributed by atoms with Crippen LogP contribution in [0.1, 0.15) is 59.7 Å². The van der Waals surface area contributed by atoms with Gasteiger partial charge in [-0.2, -0.15) is 5.10 Å². The summed E-state index contributed by atoms with van der Waals surface area (Å²) in [4.78, 5) is 40.5. The fourth-order valence-electron chi connectivity index (χ4n) is 4.30. The molecule has 172 valence electrons. The molecule has 2 aromatic heterocycles. The van der Waals surface area contributed by atoms with Crippen LogP contribution >= 0.6 is 11.3 Å². The van der Waals surface area contributed by atoms with E-state index in [0.717, 1.165) is 42.4 Å². The van der Waals surface area contributed by atoms with E-state index in [2.05, 4.69) is 22.4 Å². The molecule has 1 aliphatic carbocycles. The quantitative estimate of drug-likeness (QED) is 0.459. The van der Waals surface area contributed by atoms with Crippen molar-refractivity contribution < 1.29 is 14.4 Å². The van der Waals surface area contributed by atoms with Crippen LogP contribution in [0.2, 0.25) is 0 Å². The van der Waals surface area contributed by atoms with Crippen molar-refractivity contribution in [2.75, 3.05) is 16.8 Å². The molecule has 0 saturated heterocycles. The molecule has 0 atom stereocenters. The fraction of sp³-hybridized carbons (Fsp3) is 0.360. The Morgan fingerprint density at radius 1 is 1.18 bits per heavy atom. The smallest absolute Gasteiger partial charge is 0.273 e. The number of aldehydes is 1. The largest absolute Gasteiger partial charge is 0.321 e. The van der Waals surface area contributed by atoms with Crippen LogP contribution in [0.4, 0.5) is 11.4 Å². The zero-order chi connectivity index (χ0) is 23.4. The minimum Gasteiger partial charge on any atom is -0.321 e. The molecule has 0 radical (unpaired) electrons. The first-order valence-electron chi connectivity index (χ1n) is 11.3. The second kappa shape index (κ2) is 10.1. The number of rotatable bonds is 7. The number of thiophene rings is 1. The van der Waals surface area contributed by atoms with Crippen molar-refractivity contribution in [3.8, 4) is 10.4 Å². The number of anilines is 2. The van der Waals surface area contributed by atoms with Crippen molar-refractivity contribution in [2.45, 2.75) is 39.5 Å². The van der Waals surface area contributed by atoms with Gasteiger partial charge in [-0.05, 0) is 68.4 Å². The Morgan fingerprint density at radius 2 is 1.91 bits per heavy atom. The highest BCUT2D eigenvalue weighted by Gasteiger charge is 2.30. The number of benzene rings is 1. The van der Waals surface area contributed by atoms with Gasteiger partial charge in [0.15, 0.2) is 6.29 Å². The monoisotopic (exact) mass is 464 g/mol. The number of nitrogens with zero attached hydrogens (tertiary/aromatic N) is 2. The van der Waals surface area contributed by atoms with Gasteiger partial charge >= 0.3 is 0 Å². The predicted molar refractivity (Wildman–Crippen MR) is 131 cm³/mol. The molecule has 1 fully saturated rings. The van der Waals surface area contributed by atoms with Crippen LogP contribution in [0, 0.1) is 11.8 Å². The van der Waals surface area contributed by atoms with E-state index in [0.29, 0.717) is 34.4 Å². The van der Waals surface area contributed by atoms with Crippen molar-refractivity contribution in [1.82, 2.24) is 10.2 Å². The average molecular weight is 465 g/mol. The van der Waals surface area contributed by atoms with Crippen LogP contribution < -0.4 is 10.2 Å². The molecule has 0 spiro atoms. The lowest BCUT2D eigenvalue weighted by Gasteiger charge is -2.30. The summed E-state index contributed by atoms with van der Waals surface area (Å²) in [5.41, 5.74) is 2.65. The molecular formula is C25H28N4O3S. The van der Waals surface area contributed by atoms with E-state index in [1.807, 2.05) is 37.3 Å². The number of hydrogen-bond donors (Lipinski definition) is 2. The highest BCUT2D eigenvalue weighted by molar-refractivity contribution is 7.17. The van der Waals surface area contributed by atoms with Gasteiger partial charge in [-0.1, -0.05) is 19.1 Å². The van der Waals surface area contributed by atoms with Gasteiger partial charge < -0.3 is 10.2 Å². The summed E-state index contributed by atoms with van der Waals surface area (Å²) in [6.45, 7) is 4.72. The minimum atomic E-state index is -0.267. The van der Waals surface area contributed by atoms with Gasteiger partial charge in [0, 0.05) is 29.2 Å².